The summed E-state index contributed by atoms with van der Waals surface area (Å²) in [5, 5.41) is 3.66. The first-order chi connectivity index (χ1) is 27.8. The van der Waals surface area contributed by atoms with E-state index >= 15 is 0 Å². The van der Waals surface area contributed by atoms with Gasteiger partial charge in [0.2, 0.25) is 5.43 Å². The van der Waals surface area contributed by atoms with Crippen molar-refractivity contribution in [1.29, 1.82) is 0 Å². The van der Waals surface area contributed by atoms with Gasteiger partial charge >= 0.3 is 0 Å². The Hall–Kier alpha value is -7.17. The zero-order valence-corrected chi connectivity index (χ0v) is 32.0. The molecular weight excluding hydrogens is 697 g/mol. The summed E-state index contributed by atoms with van der Waals surface area (Å²) in [6.45, 7) is 6.82. The molecule has 3 heterocycles. The molecule has 272 valence electrons. The molecule has 11 rings (SSSR count). The van der Waals surface area contributed by atoms with Crippen LogP contribution in [0.25, 0.3) is 71.7 Å². The molecule has 1 aliphatic heterocycles. The number of fused-ring (bicyclic) bond motifs is 7. The Bertz CT molecular complexity index is 3320. The normalized spacial score (nSPS) is 13.4. The van der Waals surface area contributed by atoms with Gasteiger partial charge < -0.3 is 13.9 Å². The predicted octanol–water partition coefficient (Wildman–Crippen LogP) is 13.8. The van der Waals surface area contributed by atoms with Crippen LogP contribution >= 0.6 is 0 Å². The minimum Gasteiger partial charge on any atom is -0.456 e. The van der Waals surface area contributed by atoms with Crippen LogP contribution in [0.5, 0.6) is 0 Å². The molecule has 0 bridgehead atoms. The van der Waals surface area contributed by atoms with E-state index in [1.54, 1.807) is 0 Å². The highest BCUT2D eigenvalue weighted by Crippen LogP contribution is 2.53. The first-order valence-electron chi connectivity index (χ1n) is 19.5. The third-order valence-corrected chi connectivity index (χ3v) is 12.0. The summed E-state index contributed by atoms with van der Waals surface area (Å²) >= 11 is 0. The third kappa shape index (κ3) is 5.11. The summed E-state index contributed by atoms with van der Waals surface area (Å²) in [5.74, 6) is 0. The predicted molar refractivity (Wildman–Crippen MR) is 237 cm³/mol. The highest BCUT2D eigenvalue weighted by molar-refractivity contribution is 6.11. The average Bonchev–Trinajstić information content (AvgIpc) is 3.57. The van der Waals surface area contributed by atoms with E-state index in [0.29, 0.717) is 21.9 Å². The van der Waals surface area contributed by atoms with Gasteiger partial charge in [-0.2, -0.15) is 0 Å². The standard InChI is InChI=1S/C53H38N2O2/c1-33-20-25-46-41(28-33)42-30-35(22-26-47(42)54(46)38-13-5-4-6-14-38)37-21-24-45-49(32-37)55(48-18-9-8-17-44(48)53(45,2)3)39-15-11-12-34(29-39)36-23-27-51-43(31-36)52(56)40-16-7-10-19-50(40)57-51/h4-32H,1-3H3. The first kappa shape index (κ1) is 33.2. The van der Waals surface area contributed by atoms with Crippen LogP contribution in [-0.2, 0) is 5.41 Å². The van der Waals surface area contributed by atoms with Crippen molar-refractivity contribution < 1.29 is 4.42 Å². The van der Waals surface area contributed by atoms with E-state index in [-0.39, 0.29) is 10.8 Å². The van der Waals surface area contributed by atoms with Gasteiger partial charge in [0.15, 0.2) is 0 Å². The molecule has 0 fully saturated rings. The largest absolute Gasteiger partial charge is 0.456 e. The van der Waals surface area contributed by atoms with Crippen LogP contribution < -0.4 is 10.3 Å². The second-order valence-corrected chi connectivity index (χ2v) is 15.8. The highest BCUT2D eigenvalue weighted by atomic mass is 16.3. The van der Waals surface area contributed by atoms with Gasteiger partial charge in [0, 0.05) is 27.6 Å². The molecule has 57 heavy (non-hydrogen) atoms. The molecule has 0 spiro atoms. The van der Waals surface area contributed by atoms with Crippen molar-refractivity contribution in [2.45, 2.75) is 26.2 Å². The molecule has 4 heteroatoms. The van der Waals surface area contributed by atoms with Crippen LogP contribution in [0.4, 0.5) is 17.1 Å². The Morgan fingerprint density at radius 3 is 1.93 bits per heavy atom. The van der Waals surface area contributed by atoms with Crippen LogP contribution in [0, 0.1) is 6.92 Å². The zero-order chi connectivity index (χ0) is 38.4. The van der Waals surface area contributed by atoms with Gasteiger partial charge in [0.1, 0.15) is 11.2 Å². The second kappa shape index (κ2) is 12.4. The molecule has 0 unspecified atom stereocenters. The van der Waals surface area contributed by atoms with Crippen molar-refractivity contribution in [3.63, 3.8) is 0 Å². The summed E-state index contributed by atoms with van der Waals surface area (Å²) in [7, 11) is 0. The van der Waals surface area contributed by atoms with Gasteiger partial charge in [-0.15, -0.1) is 0 Å². The molecule has 0 aliphatic carbocycles. The van der Waals surface area contributed by atoms with Crippen molar-refractivity contribution in [3.05, 3.63) is 203 Å². The maximum atomic E-state index is 13.6. The summed E-state index contributed by atoms with van der Waals surface area (Å²) in [6.07, 6.45) is 0. The smallest absolute Gasteiger partial charge is 0.200 e. The molecule has 0 amide bonds. The molecule has 10 aromatic rings. The summed E-state index contributed by atoms with van der Waals surface area (Å²) in [6, 6.07) is 62.1. The van der Waals surface area contributed by atoms with E-state index in [9.17, 15) is 4.79 Å². The minimum atomic E-state index is -0.224. The van der Waals surface area contributed by atoms with Gasteiger partial charge in [-0.1, -0.05) is 110 Å². The molecule has 2 aromatic heterocycles. The third-order valence-electron chi connectivity index (χ3n) is 12.0. The molecule has 0 saturated carbocycles. The monoisotopic (exact) mass is 734 g/mol. The Morgan fingerprint density at radius 2 is 1.07 bits per heavy atom. The Morgan fingerprint density at radius 1 is 0.456 bits per heavy atom. The van der Waals surface area contributed by atoms with Gasteiger partial charge in [0.25, 0.3) is 0 Å². The Balaban J connectivity index is 1.07. The quantitative estimate of drug-likeness (QED) is 0.169. The lowest BCUT2D eigenvalue weighted by Crippen LogP contribution is -2.30. The Labute approximate surface area is 330 Å². The Kier molecular flexibility index (Phi) is 7.23. The van der Waals surface area contributed by atoms with Crippen molar-refractivity contribution in [1.82, 2.24) is 4.57 Å². The van der Waals surface area contributed by atoms with Crippen LogP contribution in [-0.4, -0.2) is 4.57 Å². The number of hydrogen-bond donors (Lipinski definition) is 0. The molecule has 8 aromatic carbocycles. The van der Waals surface area contributed by atoms with Crippen molar-refractivity contribution in [2.75, 3.05) is 4.90 Å². The van der Waals surface area contributed by atoms with E-state index < -0.39 is 0 Å². The van der Waals surface area contributed by atoms with Gasteiger partial charge in [0.05, 0.1) is 33.2 Å². The topological polar surface area (TPSA) is 38.4 Å². The second-order valence-electron chi connectivity index (χ2n) is 15.8. The van der Waals surface area contributed by atoms with E-state index in [1.165, 1.54) is 44.1 Å². The number of rotatable bonds is 4. The van der Waals surface area contributed by atoms with Crippen LogP contribution in [0.2, 0.25) is 0 Å². The van der Waals surface area contributed by atoms with Crippen molar-refractivity contribution >= 4 is 60.8 Å². The number of aromatic nitrogens is 1. The maximum absolute atomic E-state index is 13.6. The lowest BCUT2D eigenvalue weighted by molar-refractivity contribution is 0.632. The van der Waals surface area contributed by atoms with Crippen LogP contribution in [0.15, 0.2) is 185 Å². The zero-order valence-electron chi connectivity index (χ0n) is 32.0. The minimum absolute atomic E-state index is 0.0172. The van der Waals surface area contributed by atoms with E-state index in [4.69, 9.17) is 4.42 Å². The number of nitrogens with zero attached hydrogens (tertiary/aromatic N) is 2. The number of hydrogen-bond acceptors (Lipinski definition) is 3. The number of aryl methyl sites for hydroxylation is 1. The summed E-state index contributed by atoms with van der Waals surface area (Å²) in [4.78, 5) is 16.0. The van der Waals surface area contributed by atoms with Crippen molar-refractivity contribution in [3.8, 4) is 27.9 Å². The number of para-hydroxylation sites is 3. The molecule has 4 nitrogen and oxygen atoms in total. The summed E-state index contributed by atoms with van der Waals surface area (Å²) < 4.78 is 8.52. The fourth-order valence-electron chi connectivity index (χ4n) is 9.15. The lowest BCUT2D eigenvalue weighted by Gasteiger charge is -2.42. The highest BCUT2D eigenvalue weighted by Gasteiger charge is 2.37. The molecule has 0 N–H and O–H groups in total. The first-order valence-corrected chi connectivity index (χ1v) is 19.5. The molecular formula is C53H38N2O2. The molecule has 0 atom stereocenters. The van der Waals surface area contributed by atoms with E-state index in [2.05, 4.69) is 164 Å². The molecule has 1 aliphatic rings. The SMILES string of the molecule is Cc1ccc2c(c1)c1cc(-c3ccc4c(c3)N(c3cccc(-c5ccc6oc7ccccc7c(=O)c6c5)c3)c3ccccc3C4(C)C)ccc1n2-c1ccccc1. The van der Waals surface area contributed by atoms with E-state index in [0.717, 1.165) is 39.4 Å². The summed E-state index contributed by atoms with van der Waals surface area (Å²) in [5.41, 5.74) is 16.0. The van der Waals surface area contributed by atoms with Gasteiger partial charge in [-0.3, -0.25) is 4.79 Å². The number of anilines is 3. The fourth-order valence-corrected chi connectivity index (χ4v) is 9.15. The van der Waals surface area contributed by atoms with E-state index in [1.807, 2.05) is 42.5 Å². The van der Waals surface area contributed by atoms with Crippen LogP contribution in [0.1, 0.15) is 30.5 Å². The molecule has 0 radical (unpaired) electrons. The van der Waals surface area contributed by atoms with Gasteiger partial charge in [-0.05, 0) is 125 Å². The fraction of sp³-hybridized carbons (Fsp3) is 0.0755. The molecule has 0 saturated heterocycles. The van der Waals surface area contributed by atoms with Gasteiger partial charge in [-0.25, -0.2) is 0 Å². The maximum Gasteiger partial charge on any atom is 0.200 e. The number of benzene rings is 8. The van der Waals surface area contributed by atoms with Crippen LogP contribution in [0.3, 0.4) is 0 Å². The average molecular weight is 735 g/mol. The lowest BCUT2D eigenvalue weighted by atomic mass is 9.73. The van der Waals surface area contributed by atoms with Crippen molar-refractivity contribution in [2.24, 2.45) is 0 Å².